The molecule has 8 nitrogen and oxygen atoms in total. The van der Waals surface area contributed by atoms with Crippen LogP contribution in [0, 0.1) is 12.7 Å². The fourth-order valence-electron chi connectivity index (χ4n) is 6.05. The van der Waals surface area contributed by atoms with Crippen molar-refractivity contribution in [3.8, 4) is 22.6 Å². The van der Waals surface area contributed by atoms with Gasteiger partial charge in [-0.2, -0.15) is 0 Å². The van der Waals surface area contributed by atoms with Gasteiger partial charge in [0.1, 0.15) is 29.4 Å². The lowest BCUT2D eigenvalue weighted by atomic mass is 9.92. The second kappa shape index (κ2) is 13.3. The number of benzene rings is 4. The molecule has 4 aromatic carbocycles. The van der Waals surface area contributed by atoms with Crippen LogP contribution < -0.4 is 19.7 Å². The molecule has 0 aliphatic carbocycles. The van der Waals surface area contributed by atoms with Crippen molar-refractivity contribution in [2.45, 2.75) is 38.3 Å². The minimum absolute atomic E-state index is 0.0925. The number of nitrogens with one attached hydrogen (secondary N) is 1. The first-order valence-corrected chi connectivity index (χ1v) is 14.7. The minimum Gasteiger partial charge on any atom is -0.496 e. The number of aryl methyl sites for hydroxylation is 1. The summed E-state index contributed by atoms with van der Waals surface area (Å²) in [6.45, 7) is 2.35. The van der Waals surface area contributed by atoms with E-state index >= 15 is 4.39 Å². The summed E-state index contributed by atoms with van der Waals surface area (Å²) >= 11 is 0. The Labute approximate surface area is 264 Å². The minimum atomic E-state index is -3.11. The molecule has 1 aliphatic rings. The topological polar surface area (TPSA) is 97.3 Å². The van der Waals surface area contributed by atoms with Crippen LogP contribution in [0.3, 0.4) is 0 Å². The number of fused-ring (bicyclic) bond motifs is 1. The maximum atomic E-state index is 15.5. The number of carboxylic acid groups (broad SMARTS) is 1. The van der Waals surface area contributed by atoms with Gasteiger partial charge in [-0.3, -0.25) is 4.79 Å². The molecule has 2 atom stereocenters. The third-order valence-electron chi connectivity index (χ3n) is 8.28. The molecule has 1 fully saturated rings. The average molecular weight is 637 g/mol. The molecule has 1 saturated heterocycles. The van der Waals surface area contributed by atoms with Crippen molar-refractivity contribution in [1.82, 2.24) is 5.32 Å². The van der Waals surface area contributed by atoms with Crippen LogP contribution in [0.4, 0.5) is 18.9 Å². The molecule has 4 aromatic rings. The fourth-order valence-corrected chi connectivity index (χ4v) is 6.05. The molecule has 0 bridgehead atoms. The molecule has 1 amide bonds. The number of morpholine rings is 1. The van der Waals surface area contributed by atoms with Crippen molar-refractivity contribution < 1.29 is 42.1 Å². The second-order valence-corrected chi connectivity index (χ2v) is 11.3. The first kappa shape index (κ1) is 32.6. The van der Waals surface area contributed by atoms with Gasteiger partial charge in [-0.25, -0.2) is 18.0 Å². The van der Waals surface area contributed by atoms with Gasteiger partial charge in [0.25, 0.3) is 11.8 Å². The van der Waals surface area contributed by atoms with Crippen molar-refractivity contribution >= 4 is 28.3 Å². The molecule has 242 valence electrons. The number of methoxy groups -OCH3 is 2. The third-order valence-corrected chi connectivity index (χ3v) is 8.28. The Morgan fingerprint density at radius 3 is 2.33 bits per heavy atom. The van der Waals surface area contributed by atoms with Crippen LogP contribution in [0.2, 0.25) is 0 Å². The number of carbonyl (C=O) groups excluding carboxylic acids is 1. The fraction of sp³-hybridized carbons (Fsp3) is 0.314. The summed E-state index contributed by atoms with van der Waals surface area (Å²) in [4.78, 5) is 27.1. The Hall–Kier alpha value is -4.77. The smallest absolute Gasteiger partial charge is 0.326 e. The van der Waals surface area contributed by atoms with Gasteiger partial charge in [-0.1, -0.05) is 42.5 Å². The van der Waals surface area contributed by atoms with Crippen LogP contribution in [-0.4, -0.2) is 69.0 Å². The second-order valence-electron chi connectivity index (χ2n) is 11.3. The van der Waals surface area contributed by atoms with E-state index in [1.165, 1.54) is 17.9 Å². The molecule has 0 spiro atoms. The number of carbonyl (C=O) groups is 2. The number of rotatable bonds is 10. The van der Waals surface area contributed by atoms with E-state index < -0.39 is 35.7 Å². The highest BCUT2D eigenvalue weighted by atomic mass is 19.3. The zero-order chi connectivity index (χ0) is 33.2. The van der Waals surface area contributed by atoms with E-state index in [1.807, 2.05) is 42.5 Å². The third kappa shape index (κ3) is 6.46. The summed E-state index contributed by atoms with van der Waals surface area (Å²) < 4.78 is 60.5. The van der Waals surface area contributed by atoms with Gasteiger partial charge in [0, 0.05) is 25.6 Å². The monoisotopic (exact) mass is 636 g/mol. The van der Waals surface area contributed by atoms with Gasteiger partial charge in [0.2, 0.25) is 0 Å². The maximum absolute atomic E-state index is 15.5. The molecular formula is C35H35F3N2O6. The predicted molar refractivity (Wildman–Crippen MR) is 169 cm³/mol. The molecule has 5 rings (SSSR count). The van der Waals surface area contributed by atoms with Gasteiger partial charge in [0.05, 0.1) is 38.6 Å². The van der Waals surface area contributed by atoms with E-state index in [2.05, 4.69) is 5.32 Å². The lowest BCUT2D eigenvalue weighted by molar-refractivity contribution is -0.139. The summed E-state index contributed by atoms with van der Waals surface area (Å²) in [5, 5.41) is 14.1. The largest absolute Gasteiger partial charge is 0.496 e. The molecule has 0 radical (unpaired) electrons. The molecular weight excluding hydrogens is 601 g/mol. The van der Waals surface area contributed by atoms with E-state index in [4.69, 9.17) is 14.2 Å². The number of anilines is 1. The Morgan fingerprint density at radius 2 is 1.70 bits per heavy atom. The molecule has 1 aliphatic heterocycles. The molecule has 0 saturated carbocycles. The average Bonchev–Trinajstić information content (AvgIpc) is 3.03. The first-order chi connectivity index (χ1) is 21.9. The summed E-state index contributed by atoms with van der Waals surface area (Å²) in [7, 11) is 3.13. The van der Waals surface area contributed by atoms with Crippen molar-refractivity contribution in [1.29, 1.82) is 0 Å². The van der Waals surface area contributed by atoms with Crippen molar-refractivity contribution in [3.63, 3.8) is 0 Å². The Bertz CT molecular complexity index is 1730. The highest BCUT2D eigenvalue weighted by molar-refractivity contribution is 6.02. The van der Waals surface area contributed by atoms with E-state index in [0.717, 1.165) is 34.9 Å². The van der Waals surface area contributed by atoms with E-state index in [9.17, 15) is 23.5 Å². The number of ether oxygens (including phenoxy) is 3. The van der Waals surface area contributed by atoms with Gasteiger partial charge in [-0.05, 0) is 58.7 Å². The molecule has 46 heavy (non-hydrogen) atoms. The number of hydrogen-bond donors (Lipinski definition) is 2. The van der Waals surface area contributed by atoms with E-state index in [1.54, 1.807) is 26.4 Å². The predicted octanol–water partition coefficient (Wildman–Crippen LogP) is 6.26. The highest BCUT2D eigenvalue weighted by Crippen LogP contribution is 2.42. The summed E-state index contributed by atoms with van der Waals surface area (Å²) in [6, 6.07) is 16.3. The molecule has 11 heteroatoms. The van der Waals surface area contributed by atoms with Crippen molar-refractivity contribution in [2.75, 3.05) is 38.9 Å². The van der Waals surface area contributed by atoms with Crippen LogP contribution in [-0.2, 0) is 16.0 Å². The summed E-state index contributed by atoms with van der Waals surface area (Å²) in [6.07, 6.45) is -0.0925. The number of halogens is 3. The Kier molecular flexibility index (Phi) is 9.43. The van der Waals surface area contributed by atoms with Crippen LogP contribution in [0.1, 0.15) is 28.4 Å². The lowest BCUT2D eigenvalue weighted by Crippen LogP contribution is -2.54. The molecule has 2 N–H and O–H groups in total. The molecule has 0 unspecified atom stereocenters. The van der Waals surface area contributed by atoms with Gasteiger partial charge >= 0.3 is 5.97 Å². The van der Waals surface area contributed by atoms with E-state index in [0.29, 0.717) is 17.1 Å². The van der Waals surface area contributed by atoms with E-state index in [-0.39, 0.29) is 43.0 Å². The first-order valence-electron chi connectivity index (χ1n) is 14.7. The Morgan fingerprint density at radius 1 is 1.04 bits per heavy atom. The van der Waals surface area contributed by atoms with Crippen LogP contribution in [0.5, 0.6) is 11.5 Å². The van der Waals surface area contributed by atoms with Crippen molar-refractivity contribution in [2.24, 2.45) is 0 Å². The highest BCUT2D eigenvalue weighted by Gasteiger charge is 2.41. The summed E-state index contributed by atoms with van der Waals surface area (Å²) in [5.74, 6) is -5.08. The SMILES string of the molecule is COc1cccc(OC)c1-c1cccc2c(C[C@H](NC(=O)c3c(C)cc(N4CCOC[C@@H]4C(C)(F)F)cc3F)C(=O)O)cccc12. The number of aliphatic carboxylic acids is 1. The van der Waals surface area contributed by atoms with Crippen molar-refractivity contribution in [3.05, 3.63) is 89.2 Å². The zero-order valence-corrected chi connectivity index (χ0v) is 25.9. The molecule has 0 aromatic heterocycles. The van der Waals surface area contributed by atoms with Crippen LogP contribution in [0.15, 0.2) is 66.7 Å². The Balaban J connectivity index is 1.44. The normalized spacial score (nSPS) is 15.8. The van der Waals surface area contributed by atoms with Gasteiger partial charge < -0.3 is 29.5 Å². The maximum Gasteiger partial charge on any atom is 0.326 e. The zero-order valence-electron chi connectivity index (χ0n) is 25.9. The number of alkyl halides is 2. The quantitative estimate of drug-likeness (QED) is 0.212. The summed E-state index contributed by atoms with van der Waals surface area (Å²) in [5.41, 5.74) is 2.21. The van der Waals surface area contributed by atoms with Gasteiger partial charge in [0.15, 0.2) is 0 Å². The number of hydrogen-bond acceptors (Lipinski definition) is 6. The van der Waals surface area contributed by atoms with Crippen LogP contribution >= 0.6 is 0 Å². The number of carboxylic acids is 1. The number of amides is 1. The number of nitrogens with zero attached hydrogens (tertiary/aromatic N) is 1. The van der Waals surface area contributed by atoms with Crippen LogP contribution in [0.25, 0.3) is 21.9 Å². The van der Waals surface area contributed by atoms with Gasteiger partial charge in [-0.15, -0.1) is 0 Å². The lowest BCUT2D eigenvalue weighted by Gasteiger charge is -2.40. The standard InChI is InChI=1S/C35H35F3N2O6/c1-20-16-22(40-14-15-46-19-30(40)35(2,37)38)18-26(36)31(20)33(41)39-27(34(42)43)17-21-8-5-10-24-23(21)9-6-11-25(24)32-28(44-3)12-7-13-29(32)45-4/h5-13,16,18,27,30H,14-15,17,19H2,1-4H3,(H,39,41)(H,42,43)/t27-,30+/m0/s1. The molecule has 1 heterocycles.